The maximum atomic E-state index is 5.47. The number of aromatic nitrogens is 4. The van der Waals surface area contributed by atoms with E-state index in [4.69, 9.17) is 19.4 Å². The predicted molar refractivity (Wildman–Crippen MR) is 152 cm³/mol. The molecule has 0 spiro atoms. The van der Waals surface area contributed by atoms with E-state index in [0.29, 0.717) is 18.3 Å². The first-order valence-electron chi connectivity index (χ1n) is 12.6. The smallest absolute Gasteiger partial charge is 0.231 e. The number of hydrogen-bond acceptors (Lipinski definition) is 9. The Morgan fingerprint density at radius 2 is 1.79 bits per heavy atom. The molecule has 2 N–H and O–H groups in total. The summed E-state index contributed by atoms with van der Waals surface area (Å²) in [5, 5.41) is 11.0. The van der Waals surface area contributed by atoms with Crippen molar-refractivity contribution in [3.63, 3.8) is 0 Å². The van der Waals surface area contributed by atoms with Crippen molar-refractivity contribution in [3.8, 4) is 11.4 Å². The topological polar surface area (TPSA) is 89.4 Å². The van der Waals surface area contributed by atoms with E-state index in [-0.39, 0.29) is 0 Å². The summed E-state index contributed by atoms with van der Waals surface area (Å²) in [6.07, 6.45) is 2.64. The average molecular weight is 528 g/mol. The summed E-state index contributed by atoms with van der Waals surface area (Å²) in [7, 11) is 1.68. The van der Waals surface area contributed by atoms with E-state index in [1.165, 1.54) is 11.3 Å². The number of thiophene rings is 1. The number of nitrogens with zero attached hydrogens (tertiary/aromatic N) is 5. The van der Waals surface area contributed by atoms with Gasteiger partial charge in [-0.25, -0.2) is 4.98 Å². The minimum Gasteiger partial charge on any atom is -0.497 e. The van der Waals surface area contributed by atoms with Gasteiger partial charge < -0.3 is 25.0 Å². The summed E-state index contributed by atoms with van der Waals surface area (Å²) in [4.78, 5) is 16.6. The molecular weight excluding hydrogens is 498 g/mol. The van der Waals surface area contributed by atoms with E-state index in [9.17, 15) is 0 Å². The van der Waals surface area contributed by atoms with Gasteiger partial charge in [0.2, 0.25) is 5.95 Å². The highest BCUT2D eigenvalue weighted by Crippen LogP contribution is 2.27. The van der Waals surface area contributed by atoms with E-state index in [1.54, 1.807) is 24.8 Å². The second-order valence-electron chi connectivity index (χ2n) is 8.96. The van der Waals surface area contributed by atoms with Crippen molar-refractivity contribution in [2.24, 2.45) is 0 Å². The molecule has 0 saturated carbocycles. The molecular formula is C28H29N7O2S. The van der Waals surface area contributed by atoms with Crippen LogP contribution in [-0.2, 0) is 11.2 Å². The van der Waals surface area contributed by atoms with Crippen LogP contribution in [0.1, 0.15) is 5.56 Å². The highest BCUT2D eigenvalue weighted by molar-refractivity contribution is 7.08. The summed E-state index contributed by atoms with van der Waals surface area (Å²) in [5.41, 5.74) is 5.84. The first-order valence-corrected chi connectivity index (χ1v) is 13.6. The molecule has 0 radical (unpaired) electrons. The zero-order chi connectivity index (χ0) is 25.7. The van der Waals surface area contributed by atoms with Crippen molar-refractivity contribution in [2.45, 2.75) is 6.42 Å². The molecule has 6 rings (SSSR count). The lowest BCUT2D eigenvalue weighted by Crippen LogP contribution is -2.36. The molecule has 0 aliphatic carbocycles. The second-order valence-corrected chi connectivity index (χ2v) is 9.74. The summed E-state index contributed by atoms with van der Waals surface area (Å²) in [6, 6.07) is 18.5. The first-order chi connectivity index (χ1) is 18.8. The molecule has 1 aliphatic rings. The van der Waals surface area contributed by atoms with Crippen LogP contribution >= 0.6 is 11.3 Å². The Morgan fingerprint density at radius 3 is 2.53 bits per heavy atom. The fourth-order valence-corrected chi connectivity index (χ4v) is 5.11. The van der Waals surface area contributed by atoms with Gasteiger partial charge in [-0.1, -0.05) is 12.1 Å². The van der Waals surface area contributed by atoms with Gasteiger partial charge in [-0.2, -0.15) is 21.3 Å². The van der Waals surface area contributed by atoms with Crippen LogP contribution in [0, 0.1) is 0 Å². The van der Waals surface area contributed by atoms with Gasteiger partial charge in [-0.05, 0) is 59.8 Å². The monoisotopic (exact) mass is 527 g/mol. The summed E-state index contributed by atoms with van der Waals surface area (Å²) in [6.45, 7) is 4.05. The molecule has 38 heavy (non-hydrogen) atoms. The Kier molecular flexibility index (Phi) is 7.05. The number of rotatable bonds is 9. The van der Waals surface area contributed by atoms with Gasteiger partial charge in [-0.3, -0.25) is 4.57 Å². The molecule has 0 unspecified atom stereocenters. The third kappa shape index (κ3) is 5.27. The van der Waals surface area contributed by atoms with E-state index < -0.39 is 0 Å². The quantitative estimate of drug-likeness (QED) is 0.273. The molecule has 1 fully saturated rings. The Bertz CT molecular complexity index is 1480. The second kappa shape index (κ2) is 11.1. The number of methoxy groups -OCH3 is 1. The number of hydrogen-bond donors (Lipinski definition) is 2. The lowest BCUT2D eigenvalue weighted by molar-refractivity contribution is 0.122. The van der Waals surface area contributed by atoms with Crippen molar-refractivity contribution in [1.82, 2.24) is 19.5 Å². The van der Waals surface area contributed by atoms with Gasteiger partial charge >= 0.3 is 0 Å². The number of ether oxygens (including phenoxy) is 2. The van der Waals surface area contributed by atoms with E-state index >= 15 is 0 Å². The number of benzene rings is 2. The number of anilines is 4. The van der Waals surface area contributed by atoms with Gasteiger partial charge in [0.15, 0.2) is 17.0 Å². The van der Waals surface area contributed by atoms with Gasteiger partial charge in [0.25, 0.3) is 0 Å². The lowest BCUT2D eigenvalue weighted by atomic mass is 10.1. The van der Waals surface area contributed by atoms with E-state index in [2.05, 4.69) is 68.4 Å². The fourth-order valence-electron chi connectivity index (χ4n) is 4.49. The van der Waals surface area contributed by atoms with E-state index in [1.807, 2.05) is 22.1 Å². The number of fused-ring (bicyclic) bond motifs is 1. The Labute approximate surface area is 225 Å². The minimum atomic E-state index is 0.514. The standard InChI is InChI=1S/C28H29N7O2S/c1-36-24-8-2-20(3-9-24)10-12-29-26-25-27(35(19-30-25)23-11-17-38-18-23)33-28(32-26)31-21-4-6-22(7-5-21)34-13-15-37-16-14-34/h2-9,11,17-19H,10,12-16H2,1H3,(H2,29,31,32,33). The first kappa shape index (κ1) is 24.2. The summed E-state index contributed by atoms with van der Waals surface area (Å²) < 4.78 is 12.7. The van der Waals surface area contributed by atoms with Crippen molar-refractivity contribution in [3.05, 3.63) is 77.2 Å². The zero-order valence-electron chi connectivity index (χ0n) is 21.1. The molecule has 9 nitrogen and oxygen atoms in total. The fraction of sp³-hybridized carbons (Fsp3) is 0.250. The van der Waals surface area contributed by atoms with Gasteiger partial charge in [-0.15, -0.1) is 0 Å². The van der Waals surface area contributed by atoms with E-state index in [0.717, 1.165) is 61.0 Å². The van der Waals surface area contributed by atoms with Crippen LogP contribution in [0.3, 0.4) is 0 Å². The largest absolute Gasteiger partial charge is 0.497 e. The maximum absolute atomic E-state index is 5.47. The van der Waals surface area contributed by atoms with Crippen LogP contribution < -0.4 is 20.3 Å². The number of nitrogens with one attached hydrogen (secondary N) is 2. The highest BCUT2D eigenvalue weighted by Gasteiger charge is 2.16. The van der Waals surface area contributed by atoms with Crippen molar-refractivity contribution >= 4 is 45.6 Å². The zero-order valence-corrected chi connectivity index (χ0v) is 21.9. The molecule has 1 aliphatic heterocycles. The molecule has 2 aromatic carbocycles. The normalized spacial score (nSPS) is 13.6. The van der Waals surface area contributed by atoms with Crippen molar-refractivity contribution < 1.29 is 9.47 Å². The third-order valence-electron chi connectivity index (χ3n) is 6.55. The molecule has 194 valence electrons. The minimum absolute atomic E-state index is 0.514. The maximum Gasteiger partial charge on any atom is 0.231 e. The summed E-state index contributed by atoms with van der Waals surface area (Å²) >= 11 is 1.64. The Balaban J connectivity index is 1.25. The molecule has 1 saturated heterocycles. The lowest BCUT2D eigenvalue weighted by Gasteiger charge is -2.28. The van der Waals surface area contributed by atoms with Crippen LogP contribution in [0.5, 0.6) is 5.75 Å². The van der Waals surface area contributed by atoms with Gasteiger partial charge in [0, 0.05) is 36.4 Å². The molecule has 5 aromatic rings. The molecule has 0 bridgehead atoms. The van der Waals surface area contributed by atoms with Crippen LogP contribution in [0.4, 0.5) is 23.1 Å². The van der Waals surface area contributed by atoms with Crippen LogP contribution in [0.25, 0.3) is 16.9 Å². The Morgan fingerprint density at radius 1 is 0.974 bits per heavy atom. The van der Waals surface area contributed by atoms with Crippen molar-refractivity contribution in [2.75, 3.05) is 55.5 Å². The SMILES string of the molecule is COc1ccc(CCNc2nc(Nc3ccc(N4CCOCC4)cc3)nc3c2ncn3-c2ccsc2)cc1. The number of morpholine rings is 1. The molecule has 3 aromatic heterocycles. The van der Waals surface area contributed by atoms with Crippen molar-refractivity contribution in [1.29, 1.82) is 0 Å². The van der Waals surface area contributed by atoms with Crippen LogP contribution in [0.2, 0.25) is 0 Å². The van der Waals surface area contributed by atoms with Crippen LogP contribution in [-0.4, -0.2) is 59.5 Å². The van der Waals surface area contributed by atoms with Gasteiger partial charge in [0.05, 0.1) is 26.0 Å². The predicted octanol–water partition coefficient (Wildman–Crippen LogP) is 5.12. The number of imidazole rings is 1. The van der Waals surface area contributed by atoms with Crippen LogP contribution in [0.15, 0.2) is 71.7 Å². The Hall–Kier alpha value is -4.15. The molecule has 4 heterocycles. The average Bonchev–Trinajstić information content (AvgIpc) is 3.65. The molecule has 10 heteroatoms. The molecule has 0 atom stereocenters. The van der Waals surface area contributed by atoms with Gasteiger partial charge in [0.1, 0.15) is 12.1 Å². The molecule has 0 amide bonds. The highest BCUT2D eigenvalue weighted by atomic mass is 32.1. The summed E-state index contributed by atoms with van der Waals surface area (Å²) in [5.74, 6) is 2.07. The third-order valence-corrected chi connectivity index (χ3v) is 7.22.